The van der Waals surface area contributed by atoms with Gasteiger partial charge in [0, 0.05) is 31.9 Å². The molecule has 0 N–H and O–H groups in total. The zero-order chi connectivity index (χ0) is 13.1. The van der Waals surface area contributed by atoms with E-state index in [-0.39, 0.29) is 0 Å². The Morgan fingerprint density at radius 1 is 1.50 bits per heavy atom. The lowest BCUT2D eigenvalue weighted by molar-refractivity contribution is 0.0600. The summed E-state index contributed by atoms with van der Waals surface area (Å²) in [6.45, 7) is 4.87. The number of aromatic nitrogens is 2. The van der Waals surface area contributed by atoms with Crippen molar-refractivity contribution in [3.05, 3.63) is 18.1 Å². The van der Waals surface area contributed by atoms with E-state index in [0.717, 1.165) is 19.6 Å². The summed E-state index contributed by atoms with van der Waals surface area (Å²) in [5.41, 5.74) is 0.427. The van der Waals surface area contributed by atoms with Gasteiger partial charge in [0.15, 0.2) is 0 Å². The highest BCUT2D eigenvalue weighted by molar-refractivity contribution is 5.94. The minimum atomic E-state index is -0.392. The van der Waals surface area contributed by atoms with E-state index in [1.165, 1.54) is 19.6 Å². The van der Waals surface area contributed by atoms with E-state index >= 15 is 0 Å². The van der Waals surface area contributed by atoms with Crippen molar-refractivity contribution < 1.29 is 9.53 Å². The summed E-state index contributed by atoms with van der Waals surface area (Å²) < 4.78 is 4.77. The Bertz CT molecular complexity index is 438. The van der Waals surface area contributed by atoms with Gasteiger partial charge in [-0.2, -0.15) is 0 Å². The van der Waals surface area contributed by atoms with Crippen LogP contribution in [0, 0.1) is 0 Å². The molecule has 1 aromatic heterocycles. The summed E-state index contributed by atoms with van der Waals surface area (Å²) in [5, 5.41) is 0. The van der Waals surface area contributed by atoms with Gasteiger partial charge < -0.3 is 14.5 Å². The summed E-state index contributed by atoms with van der Waals surface area (Å²) in [6, 6.07) is 0.307. The van der Waals surface area contributed by atoms with Crippen LogP contribution in [0.3, 0.4) is 0 Å². The molecule has 18 heavy (non-hydrogen) atoms. The van der Waals surface area contributed by atoms with E-state index in [9.17, 15) is 4.79 Å². The van der Waals surface area contributed by atoms with Crippen LogP contribution in [-0.2, 0) is 4.74 Å². The number of hydrogen-bond acceptors (Lipinski definition) is 6. The van der Waals surface area contributed by atoms with Crippen molar-refractivity contribution in [3.63, 3.8) is 0 Å². The highest BCUT2D eigenvalue weighted by Crippen LogP contribution is 2.21. The normalized spacial score (nSPS) is 20.8. The highest BCUT2D eigenvalue weighted by atomic mass is 16.5. The molecule has 2 rings (SSSR count). The molecule has 6 nitrogen and oxygen atoms in total. The molecule has 0 radical (unpaired) electrons. The molecule has 0 bridgehead atoms. The van der Waals surface area contributed by atoms with Crippen LogP contribution in [0.5, 0.6) is 0 Å². The van der Waals surface area contributed by atoms with E-state index < -0.39 is 5.97 Å². The Kier molecular flexibility index (Phi) is 3.76. The first-order valence-electron chi connectivity index (χ1n) is 5.97. The van der Waals surface area contributed by atoms with Crippen LogP contribution in [-0.4, -0.2) is 60.7 Å². The molecule has 1 atom stereocenters. The molecule has 0 saturated carbocycles. The van der Waals surface area contributed by atoms with Gasteiger partial charge >= 0.3 is 5.97 Å². The van der Waals surface area contributed by atoms with E-state index in [4.69, 9.17) is 4.74 Å². The summed E-state index contributed by atoms with van der Waals surface area (Å²) in [6.07, 6.45) is 2.98. The van der Waals surface area contributed by atoms with Crippen LogP contribution < -0.4 is 4.90 Å². The van der Waals surface area contributed by atoms with Gasteiger partial charge in [-0.3, -0.25) is 0 Å². The molecule has 1 aromatic rings. The van der Waals surface area contributed by atoms with Crippen LogP contribution in [0.2, 0.25) is 0 Å². The molecule has 1 saturated heterocycles. The second-order valence-corrected chi connectivity index (χ2v) is 4.56. The highest BCUT2D eigenvalue weighted by Gasteiger charge is 2.26. The SMILES string of the molecule is COC(=O)c1cncnc1N1CCN(C)CC1C. The Hall–Kier alpha value is -1.69. The standard InChI is InChI=1S/C12H18N4O2/c1-9-7-15(2)4-5-16(9)11-10(12(17)18-3)6-13-8-14-11/h6,8-9H,4-5,7H2,1-3H3. The van der Waals surface area contributed by atoms with Crippen molar-refractivity contribution >= 4 is 11.8 Å². The summed E-state index contributed by atoms with van der Waals surface area (Å²) >= 11 is 0. The molecule has 98 valence electrons. The molecule has 0 spiro atoms. The lowest BCUT2D eigenvalue weighted by Crippen LogP contribution is -2.51. The quantitative estimate of drug-likeness (QED) is 0.708. The number of carbonyl (C=O) groups is 1. The Morgan fingerprint density at radius 3 is 2.94 bits per heavy atom. The van der Waals surface area contributed by atoms with Crippen molar-refractivity contribution in [2.75, 3.05) is 38.7 Å². The Balaban J connectivity index is 2.30. The molecule has 2 heterocycles. The molecular formula is C12H18N4O2. The molecule has 1 aliphatic rings. The van der Waals surface area contributed by atoms with Crippen LogP contribution in [0.4, 0.5) is 5.82 Å². The Morgan fingerprint density at radius 2 is 2.28 bits per heavy atom. The molecule has 0 amide bonds. The van der Waals surface area contributed by atoms with Gasteiger partial charge in [-0.25, -0.2) is 14.8 Å². The second kappa shape index (κ2) is 5.30. The molecule has 1 aliphatic heterocycles. The zero-order valence-electron chi connectivity index (χ0n) is 11.0. The number of nitrogens with zero attached hydrogens (tertiary/aromatic N) is 4. The van der Waals surface area contributed by atoms with E-state index in [1.807, 2.05) is 0 Å². The Labute approximate surface area is 107 Å². The fourth-order valence-corrected chi connectivity index (χ4v) is 2.26. The summed E-state index contributed by atoms with van der Waals surface area (Å²) in [4.78, 5) is 24.2. The maximum absolute atomic E-state index is 11.7. The summed E-state index contributed by atoms with van der Waals surface area (Å²) in [7, 11) is 3.46. The second-order valence-electron chi connectivity index (χ2n) is 4.56. The topological polar surface area (TPSA) is 58.6 Å². The number of piperazine rings is 1. The number of carbonyl (C=O) groups excluding carboxylic acids is 1. The van der Waals surface area contributed by atoms with Crippen molar-refractivity contribution in [2.45, 2.75) is 13.0 Å². The molecule has 1 unspecified atom stereocenters. The van der Waals surface area contributed by atoms with Crippen molar-refractivity contribution in [1.82, 2.24) is 14.9 Å². The zero-order valence-corrected chi connectivity index (χ0v) is 11.0. The monoisotopic (exact) mass is 250 g/mol. The van der Waals surface area contributed by atoms with E-state index in [2.05, 4.69) is 33.7 Å². The molecule has 0 aromatic carbocycles. The van der Waals surface area contributed by atoms with Crippen molar-refractivity contribution in [3.8, 4) is 0 Å². The molecule has 0 aliphatic carbocycles. The predicted octanol–water partition coefficient (Wildman–Crippen LogP) is 0.403. The summed E-state index contributed by atoms with van der Waals surface area (Å²) in [5.74, 6) is 0.272. The van der Waals surface area contributed by atoms with Gasteiger partial charge in [0.2, 0.25) is 0 Å². The van der Waals surface area contributed by atoms with Gasteiger partial charge in [0.05, 0.1) is 7.11 Å². The number of likely N-dealkylation sites (N-methyl/N-ethyl adjacent to an activating group) is 1. The molecule has 1 fully saturated rings. The number of rotatable bonds is 2. The van der Waals surface area contributed by atoms with Crippen LogP contribution in [0.25, 0.3) is 0 Å². The number of esters is 1. The smallest absolute Gasteiger partial charge is 0.343 e. The van der Waals surface area contributed by atoms with E-state index in [0.29, 0.717) is 17.4 Å². The number of hydrogen-bond donors (Lipinski definition) is 0. The fraction of sp³-hybridized carbons (Fsp3) is 0.583. The fourth-order valence-electron chi connectivity index (χ4n) is 2.26. The van der Waals surface area contributed by atoms with Gasteiger partial charge in [-0.1, -0.05) is 0 Å². The third-order valence-electron chi connectivity index (χ3n) is 3.20. The lowest BCUT2D eigenvalue weighted by atomic mass is 10.1. The van der Waals surface area contributed by atoms with E-state index in [1.54, 1.807) is 0 Å². The number of methoxy groups -OCH3 is 1. The average Bonchev–Trinajstić information content (AvgIpc) is 2.38. The number of anilines is 1. The maximum atomic E-state index is 11.7. The molecule has 6 heteroatoms. The predicted molar refractivity (Wildman–Crippen MR) is 67.7 cm³/mol. The van der Waals surface area contributed by atoms with Gasteiger partial charge in [-0.15, -0.1) is 0 Å². The van der Waals surface area contributed by atoms with Crippen molar-refractivity contribution in [2.24, 2.45) is 0 Å². The van der Waals surface area contributed by atoms with Gasteiger partial charge in [0.25, 0.3) is 0 Å². The number of ether oxygens (including phenoxy) is 1. The van der Waals surface area contributed by atoms with Crippen LogP contribution in [0.15, 0.2) is 12.5 Å². The van der Waals surface area contributed by atoms with Crippen molar-refractivity contribution in [1.29, 1.82) is 0 Å². The molecular weight excluding hydrogens is 232 g/mol. The third kappa shape index (κ3) is 2.43. The average molecular weight is 250 g/mol. The largest absolute Gasteiger partial charge is 0.465 e. The first-order valence-corrected chi connectivity index (χ1v) is 5.97. The van der Waals surface area contributed by atoms with Gasteiger partial charge in [-0.05, 0) is 14.0 Å². The van der Waals surface area contributed by atoms with Crippen LogP contribution in [0.1, 0.15) is 17.3 Å². The van der Waals surface area contributed by atoms with Gasteiger partial charge in [0.1, 0.15) is 17.7 Å². The first-order chi connectivity index (χ1) is 8.63. The minimum absolute atomic E-state index is 0.307. The lowest BCUT2D eigenvalue weighted by Gasteiger charge is -2.39. The third-order valence-corrected chi connectivity index (χ3v) is 3.20. The first kappa shape index (κ1) is 12.8. The van der Waals surface area contributed by atoms with Crippen LogP contribution >= 0.6 is 0 Å². The minimum Gasteiger partial charge on any atom is -0.465 e. The maximum Gasteiger partial charge on any atom is 0.343 e.